The lowest BCUT2D eigenvalue weighted by Crippen LogP contribution is -2.35. The molecule has 25 heavy (non-hydrogen) atoms. The summed E-state index contributed by atoms with van der Waals surface area (Å²) in [5.41, 5.74) is 1.56. The molecule has 0 radical (unpaired) electrons. The van der Waals surface area contributed by atoms with E-state index in [1.807, 2.05) is 19.1 Å². The normalized spacial score (nSPS) is 11.6. The number of nitrogens with zero attached hydrogens (tertiary/aromatic N) is 1. The first kappa shape index (κ1) is 19.4. The van der Waals surface area contributed by atoms with Crippen LogP contribution in [0.2, 0.25) is 5.02 Å². The van der Waals surface area contributed by atoms with Crippen molar-refractivity contribution in [2.24, 2.45) is 0 Å². The molecule has 2 aromatic carbocycles. The van der Waals surface area contributed by atoms with E-state index in [-0.39, 0.29) is 5.02 Å². The zero-order valence-electron chi connectivity index (χ0n) is 13.8. The highest BCUT2D eigenvalue weighted by molar-refractivity contribution is 7.89. The molecule has 134 valence electrons. The number of likely N-dealkylation sites (N-methyl/N-ethyl adjacent to an activating group) is 1. The van der Waals surface area contributed by atoms with Crippen molar-refractivity contribution >= 4 is 33.2 Å². The molecule has 0 aliphatic heterocycles. The molecule has 2 aromatic rings. The van der Waals surface area contributed by atoms with E-state index >= 15 is 0 Å². The molecule has 0 aliphatic rings. The second-order valence-corrected chi connectivity index (χ2v) is 7.84. The van der Waals surface area contributed by atoms with Crippen LogP contribution in [-0.2, 0) is 21.2 Å². The van der Waals surface area contributed by atoms with Crippen LogP contribution in [0.25, 0.3) is 0 Å². The molecule has 1 N–H and O–H groups in total. The Morgan fingerprint density at radius 2 is 1.92 bits per heavy atom. The molecule has 0 unspecified atom stereocenters. The number of hydrogen-bond acceptors (Lipinski definition) is 3. The van der Waals surface area contributed by atoms with Crippen LogP contribution in [0.5, 0.6) is 0 Å². The molecule has 0 saturated heterocycles. The van der Waals surface area contributed by atoms with E-state index in [9.17, 15) is 17.6 Å². The summed E-state index contributed by atoms with van der Waals surface area (Å²) in [6.07, 6.45) is 0.723. The van der Waals surface area contributed by atoms with E-state index in [1.165, 1.54) is 13.1 Å². The highest BCUT2D eigenvalue weighted by Crippen LogP contribution is 2.22. The van der Waals surface area contributed by atoms with Crippen LogP contribution < -0.4 is 5.32 Å². The summed E-state index contributed by atoms with van der Waals surface area (Å²) in [6, 6.07) is 10.5. The number of carbonyl (C=O) groups excluding carboxylic acids is 1. The van der Waals surface area contributed by atoms with Crippen LogP contribution >= 0.6 is 11.6 Å². The summed E-state index contributed by atoms with van der Waals surface area (Å²) in [7, 11) is -2.93. The van der Waals surface area contributed by atoms with Crippen molar-refractivity contribution in [3.05, 3.63) is 58.9 Å². The monoisotopic (exact) mass is 384 g/mol. The first-order chi connectivity index (χ1) is 11.8. The number of hydrogen-bond donors (Lipinski definition) is 1. The van der Waals surface area contributed by atoms with E-state index in [2.05, 4.69) is 5.32 Å². The SMILES string of the molecule is CCc1ccccc1NC(=O)CN(C)S(=O)(=O)c1ccc(Cl)cc1F. The smallest absolute Gasteiger partial charge is 0.246 e. The third-order valence-electron chi connectivity index (χ3n) is 3.62. The molecular weight excluding hydrogens is 367 g/mol. The summed E-state index contributed by atoms with van der Waals surface area (Å²) in [5.74, 6) is -1.47. The molecule has 1 amide bonds. The number of benzene rings is 2. The molecule has 0 fully saturated rings. The van der Waals surface area contributed by atoms with Gasteiger partial charge >= 0.3 is 0 Å². The van der Waals surface area contributed by atoms with Gasteiger partial charge in [0.15, 0.2) is 0 Å². The number of aryl methyl sites for hydroxylation is 1. The summed E-state index contributed by atoms with van der Waals surface area (Å²) in [4.78, 5) is 11.6. The second-order valence-electron chi connectivity index (χ2n) is 5.39. The van der Waals surface area contributed by atoms with Crippen LogP contribution in [0.3, 0.4) is 0 Å². The van der Waals surface area contributed by atoms with Crippen molar-refractivity contribution < 1.29 is 17.6 Å². The zero-order chi connectivity index (χ0) is 18.6. The molecule has 0 spiro atoms. The number of anilines is 1. The fourth-order valence-corrected chi connectivity index (χ4v) is 3.61. The number of amides is 1. The predicted molar refractivity (Wildman–Crippen MR) is 95.7 cm³/mol. The Kier molecular flexibility index (Phi) is 6.16. The lowest BCUT2D eigenvalue weighted by atomic mass is 10.1. The number of nitrogens with one attached hydrogen (secondary N) is 1. The van der Waals surface area contributed by atoms with Crippen molar-refractivity contribution in [1.29, 1.82) is 0 Å². The average molecular weight is 385 g/mol. The molecule has 0 aliphatic carbocycles. The molecule has 2 rings (SSSR count). The van der Waals surface area contributed by atoms with Gasteiger partial charge in [0.25, 0.3) is 0 Å². The average Bonchev–Trinajstić information content (AvgIpc) is 2.54. The molecule has 8 heteroatoms. The zero-order valence-corrected chi connectivity index (χ0v) is 15.4. The van der Waals surface area contributed by atoms with E-state index in [0.717, 1.165) is 28.4 Å². The topological polar surface area (TPSA) is 66.5 Å². The van der Waals surface area contributed by atoms with E-state index in [1.54, 1.807) is 12.1 Å². The molecule has 0 heterocycles. The summed E-state index contributed by atoms with van der Waals surface area (Å²) in [6.45, 7) is 1.51. The number of carbonyl (C=O) groups is 1. The summed E-state index contributed by atoms with van der Waals surface area (Å²) < 4.78 is 39.6. The Hall–Kier alpha value is -1.96. The molecule has 0 bridgehead atoms. The van der Waals surface area contributed by atoms with Gasteiger partial charge in [0, 0.05) is 17.8 Å². The maximum Gasteiger partial charge on any atom is 0.246 e. The quantitative estimate of drug-likeness (QED) is 0.830. The van der Waals surface area contributed by atoms with Crippen LogP contribution in [0.15, 0.2) is 47.4 Å². The fourth-order valence-electron chi connectivity index (χ4n) is 2.28. The van der Waals surface area contributed by atoms with Gasteiger partial charge in [0.1, 0.15) is 10.7 Å². The minimum absolute atomic E-state index is 0.0908. The highest BCUT2D eigenvalue weighted by atomic mass is 35.5. The third kappa shape index (κ3) is 4.56. The molecule has 0 saturated carbocycles. The molecular formula is C17H18ClFN2O3S. The fraction of sp³-hybridized carbons (Fsp3) is 0.235. The van der Waals surface area contributed by atoms with Crippen LogP contribution in [0.1, 0.15) is 12.5 Å². The Bertz CT molecular complexity index is 887. The van der Waals surface area contributed by atoms with Gasteiger partial charge in [-0.15, -0.1) is 0 Å². The van der Waals surface area contributed by atoms with Gasteiger partial charge in [-0.25, -0.2) is 12.8 Å². The number of sulfonamides is 1. The lowest BCUT2D eigenvalue weighted by molar-refractivity contribution is -0.116. The van der Waals surface area contributed by atoms with Gasteiger partial charge in [-0.3, -0.25) is 4.79 Å². The number of para-hydroxylation sites is 1. The minimum atomic E-state index is -4.15. The van der Waals surface area contributed by atoms with Crippen molar-refractivity contribution in [3.8, 4) is 0 Å². The van der Waals surface area contributed by atoms with Gasteiger partial charge in [-0.1, -0.05) is 36.7 Å². The van der Waals surface area contributed by atoms with Gasteiger partial charge in [0.05, 0.1) is 6.54 Å². The van der Waals surface area contributed by atoms with Gasteiger partial charge < -0.3 is 5.32 Å². The standard InChI is InChI=1S/C17H18ClFN2O3S/c1-3-12-6-4-5-7-15(12)20-17(22)11-21(2)25(23,24)16-9-8-13(18)10-14(16)19/h4-10H,3,11H2,1-2H3,(H,20,22). The third-order valence-corrected chi connectivity index (χ3v) is 5.69. The summed E-state index contributed by atoms with van der Waals surface area (Å²) >= 11 is 5.64. The maximum absolute atomic E-state index is 13.9. The first-order valence-corrected chi connectivity index (χ1v) is 9.36. The maximum atomic E-state index is 13.9. The van der Waals surface area contributed by atoms with E-state index < -0.39 is 33.2 Å². The van der Waals surface area contributed by atoms with Gasteiger partial charge in [-0.05, 0) is 36.2 Å². The van der Waals surface area contributed by atoms with Crippen molar-refractivity contribution in [1.82, 2.24) is 4.31 Å². The number of halogens is 2. The van der Waals surface area contributed by atoms with E-state index in [0.29, 0.717) is 5.69 Å². The Morgan fingerprint density at radius 3 is 2.56 bits per heavy atom. The van der Waals surface area contributed by atoms with Crippen molar-refractivity contribution in [2.45, 2.75) is 18.2 Å². The van der Waals surface area contributed by atoms with E-state index in [4.69, 9.17) is 11.6 Å². The predicted octanol–water partition coefficient (Wildman–Crippen LogP) is 3.30. The van der Waals surface area contributed by atoms with Gasteiger partial charge in [-0.2, -0.15) is 4.31 Å². The minimum Gasteiger partial charge on any atom is -0.325 e. The molecule has 0 aromatic heterocycles. The van der Waals surface area contributed by atoms with Crippen LogP contribution in [0.4, 0.5) is 10.1 Å². The van der Waals surface area contributed by atoms with Gasteiger partial charge in [0.2, 0.25) is 15.9 Å². The second kappa shape index (κ2) is 7.95. The number of rotatable bonds is 6. The largest absolute Gasteiger partial charge is 0.325 e. The first-order valence-electron chi connectivity index (χ1n) is 7.55. The lowest BCUT2D eigenvalue weighted by Gasteiger charge is -2.18. The Morgan fingerprint density at radius 1 is 1.24 bits per heavy atom. The van der Waals surface area contributed by atoms with Crippen LogP contribution in [0, 0.1) is 5.82 Å². The summed E-state index contributed by atoms with van der Waals surface area (Å²) in [5, 5.41) is 2.77. The van der Waals surface area contributed by atoms with Crippen LogP contribution in [-0.4, -0.2) is 32.2 Å². The molecule has 5 nitrogen and oxygen atoms in total. The Balaban J connectivity index is 2.15. The highest BCUT2D eigenvalue weighted by Gasteiger charge is 2.26. The van der Waals surface area contributed by atoms with Crippen molar-refractivity contribution in [3.63, 3.8) is 0 Å². The molecule has 0 atom stereocenters. The Labute approximate surface area is 151 Å². The van der Waals surface area contributed by atoms with Crippen molar-refractivity contribution in [2.75, 3.05) is 18.9 Å².